The highest BCUT2D eigenvalue weighted by Crippen LogP contribution is 2.33. The quantitative estimate of drug-likeness (QED) is 0.267. The zero-order valence-corrected chi connectivity index (χ0v) is 20.4. The predicted octanol–water partition coefficient (Wildman–Crippen LogP) is 4.95. The molecule has 180 valence electrons. The van der Waals surface area contributed by atoms with E-state index in [2.05, 4.69) is 25.5 Å². The maximum atomic E-state index is 12.4. The first-order valence-corrected chi connectivity index (χ1v) is 12.9. The number of halogens is 1. The van der Waals surface area contributed by atoms with E-state index in [4.69, 9.17) is 16.0 Å². The molecule has 35 heavy (non-hydrogen) atoms. The number of carbonyl (C=O) groups is 1. The lowest BCUT2D eigenvalue weighted by Crippen LogP contribution is -2.37. The Morgan fingerprint density at radius 1 is 1.09 bits per heavy atom. The predicted molar refractivity (Wildman–Crippen MR) is 136 cm³/mol. The molecule has 10 heteroatoms. The highest BCUT2D eigenvalue weighted by molar-refractivity contribution is 7.99. The molecule has 0 atom stereocenters. The van der Waals surface area contributed by atoms with Gasteiger partial charge < -0.3 is 14.7 Å². The van der Waals surface area contributed by atoms with E-state index in [1.807, 2.05) is 30.3 Å². The molecule has 5 rings (SSSR count). The van der Waals surface area contributed by atoms with Gasteiger partial charge in [-0.15, -0.1) is 10.2 Å². The molecular weight excluding hydrogens is 486 g/mol. The number of fused-ring (bicyclic) bond motifs is 1. The van der Waals surface area contributed by atoms with Crippen molar-refractivity contribution in [2.75, 3.05) is 5.75 Å². The standard InChI is InChI=1S/C25H24ClN5O3S/c26-17-9-5-15(6-10-17)23-30-31-24(34-23)16-7-11-18(12-8-16)27-21(32)13-14-35-25-28-20-4-2-1-3-19(20)22(33)29-25/h1-6,9-10,16,18H,7-8,11-14H2,(H,27,32)(H,28,29,33)/t16-,18-. The highest BCUT2D eigenvalue weighted by atomic mass is 35.5. The van der Waals surface area contributed by atoms with Crippen molar-refractivity contribution in [2.45, 2.75) is 49.2 Å². The lowest BCUT2D eigenvalue weighted by molar-refractivity contribution is -0.121. The van der Waals surface area contributed by atoms with Crippen LogP contribution in [0.15, 0.2) is 62.9 Å². The maximum Gasteiger partial charge on any atom is 0.259 e. The number of aromatic nitrogens is 4. The van der Waals surface area contributed by atoms with Gasteiger partial charge in [-0.25, -0.2) is 4.98 Å². The summed E-state index contributed by atoms with van der Waals surface area (Å²) >= 11 is 7.32. The molecule has 0 spiro atoms. The minimum atomic E-state index is -0.166. The third kappa shape index (κ3) is 5.74. The first-order chi connectivity index (χ1) is 17.0. The van der Waals surface area contributed by atoms with Crippen LogP contribution in [-0.2, 0) is 4.79 Å². The topological polar surface area (TPSA) is 114 Å². The van der Waals surface area contributed by atoms with Gasteiger partial charge in [-0.05, 0) is 62.1 Å². The molecule has 8 nitrogen and oxygen atoms in total. The van der Waals surface area contributed by atoms with Gasteiger partial charge in [0.25, 0.3) is 5.56 Å². The lowest BCUT2D eigenvalue weighted by atomic mass is 9.86. The van der Waals surface area contributed by atoms with Crippen LogP contribution in [0, 0.1) is 0 Å². The van der Waals surface area contributed by atoms with E-state index in [1.165, 1.54) is 11.8 Å². The summed E-state index contributed by atoms with van der Waals surface area (Å²) in [7, 11) is 0. The first kappa shape index (κ1) is 23.6. The number of benzene rings is 2. The second kappa shape index (κ2) is 10.6. The number of aromatic amines is 1. The summed E-state index contributed by atoms with van der Waals surface area (Å²) in [6.07, 6.45) is 3.84. The third-order valence-corrected chi connectivity index (χ3v) is 7.26. The summed E-state index contributed by atoms with van der Waals surface area (Å²) < 4.78 is 5.91. The van der Waals surface area contributed by atoms with Crippen LogP contribution in [0.5, 0.6) is 0 Å². The van der Waals surface area contributed by atoms with E-state index < -0.39 is 0 Å². The van der Waals surface area contributed by atoms with Gasteiger partial charge in [0.05, 0.1) is 10.9 Å². The van der Waals surface area contributed by atoms with Crippen LogP contribution in [0.2, 0.25) is 5.02 Å². The average molecular weight is 510 g/mol. The van der Waals surface area contributed by atoms with Crippen molar-refractivity contribution in [3.05, 3.63) is 69.8 Å². The molecule has 2 aromatic carbocycles. The molecule has 1 fully saturated rings. The van der Waals surface area contributed by atoms with E-state index >= 15 is 0 Å². The van der Waals surface area contributed by atoms with E-state index in [0.29, 0.717) is 45.0 Å². The van der Waals surface area contributed by atoms with Crippen molar-refractivity contribution in [3.63, 3.8) is 0 Å². The summed E-state index contributed by atoms with van der Waals surface area (Å²) in [4.78, 5) is 31.9. The molecule has 0 unspecified atom stereocenters. The van der Waals surface area contributed by atoms with Gasteiger partial charge in [0.15, 0.2) is 5.16 Å². The van der Waals surface area contributed by atoms with Crippen molar-refractivity contribution in [2.24, 2.45) is 0 Å². The minimum absolute atomic E-state index is 0.00639. The largest absolute Gasteiger partial charge is 0.420 e. The zero-order valence-electron chi connectivity index (χ0n) is 18.9. The highest BCUT2D eigenvalue weighted by Gasteiger charge is 2.27. The number of para-hydroxylation sites is 1. The number of hydrogen-bond donors (Lipinski definition) is 2. The van der Waals surface area contributed by atoms with Gasteiger partial charge in [-0.3, -0.25) is 9.59 Å². The molecule has 1 aliphatic carbocycles. The SMILES string of the molecule is O=C(CCSc1nc2ccccc2c(=O)[nH]1)N[C@H]1CC[C@H](c2nnc(-c3ccc(Cl)cc3)o2)CC1. The average Bonchev–Trinajstić information content (AvgIpc) is 3.35. The Labute approximate surface area is 210 Å². The molecule has 0 saturated heterocycles. The van der Waals surface area contributed by atoms with Gasteiger partial charge in [-0.2, -0.15) is 0 Å². The monoisotopic (exact) mass is 509 g/mol. The molecule has 2 aromatic heterocycles. The molecule has 1 saturated carbocycles. The number of hydrogen-bond acceptors (Lipinski definition) is 7. The Kier molecular flexibility index (Phi) is 7.15. The van der Waals surface area contributed by atoms with Crippen molar-refractivity contribution in [3.8, 4) is 11.5 Å². The fraction of sp³-hybridized carbons (Fsp3) is 0.320. The van der Waals surface area contributed by atoms with Crippen LogP contribution in [0.3, 0.4) is 0 Å². The molecule has 2 N–H and O–H groups in total. The summed E-state index contributed by atoms with van der Waals surface area (Å²) in [6, 6.07) is 14.7. The van der Waals surface area contributed by atoms with Gasteiger partial charge >= 0.3 is 0 Å². The van der Waals surface area contributed by atoms with Crippen LogP contribution < -0.4 is 10.9 Å². The first-order valence-electron chi connectivity index (χ1n) is 11.6. The van der Waals surface area contributed by atoms with E-state index in [0.717, 1.165) is 31.2 Å². The van der Waals surface area contributed by atoms with Crippen LogP contribution in [0.25, 0.3) is 22.4 Å². The summed E-state index contributed by atoms with van der Waals surface area (Å²) in [6.45, 7) is 0. The number of amides is 1. The molecule has 1 amide bonds. The number of nitrogens with one attached hydrogen (secondary N) is 2. The molecular formula is C25H24ClN5O3S. The maximum absolute atomic E-state index is 12.4. The number of nitrogens with zero attached hydrogens (tertiary/aromatic N) is 3. The van der Waals surface area contributed by atoms with E-state index in [1.54, 1.807) is 18.2 Å². The normalized spacial score (nSPS) is 18.0. The van der Waals surface area contributed by atoms with Gasteiger partial charge in [0.1, 0.15) is 0 Å². The fourth-order valence-corrected chi connectivity index (χ4v) is 5.20. The smallest absolute Gasteiger partial charge is 0.259 e. The zero-order chi connectivity index (χ0) is 24.2. The van der Waals surface area contributed by atoms with Crippen molar-refractivity contribution in [1.82, 2.24) is 25.5 Å². The lowest BCUT2D eigenvalue weighted by Gasteiger charge is -2.27. The van der Waals surface area contributed by atoms with Crippen molar-refractivity contribution < 1.29 is 9.21 Å². The van der Waals surface area contributed by atoms with Crippen molar-refractivity contribution in [1.29, 1.82) is 0 Å². The van der Waals surface area contributed by atoms with Crippen LogP contribution in [0.1, 0.15) is 43.9 Å². The molecule has 2 heterocycles. The Bertz CT molecular complexity index is 1380. The van der Waals surface area contributed by atoms with Gasteiger partial charge in [0, 0.05) is 34.7 Å². The van der Waals surface area contributed by atoms with Crippen LogP contribution >= 0.6 is 23.4 Å². The molecule has 0 aliphatic heterocycles. The number of thioether (sulfide) groups is 1. The Balaban J connectivity index is 1.07. The summed E-state index contributed by atoms with van der Waals surface area (Å²) in [5.74, 6) is 1.88. The fourth-order valence-electron chi connectivity index (χ4n) is 4.27. The number of rotatable bonds is 7. The Morgan fingerprint density at radius 2 is 1.86 bits per heavy atom. The second-order valence-corrected chi connectivity index (χ2v) is 10.1. The third-order valence-electron chi connectivity index (χ3n) is 6.13. The Morgan fingerprint density at radius 3 is 2.66 bits per heavy atom. The van der Waals surface area contributed by atoms with Crippen molar-refractivity contribution >= 4 is 40.2 Å². The number of H-pyrrole nitrogens is 1. The Hall–Kier alpha value is -3.17. The van der Waals surface area contributed by atoms with E-state index in [-0.39, 0.29) is 23.4 Å². The van der Waals surface area contributed by atoms with Gasteiger partial charge in [0.2, 0.25) is 17.7 Å². The molecule has 1 aliphatic rings. The van der Waals surface area contributed by atoms with E-state index in [9.17, 15) is 9.59 Å². The second-order valence-electron chi connectivity index (χ2n) is 8.56. The summed E-state index contributed by atoms with van der Waals surface area (Å²) in [5.41, 5.74) is 1.33. The minimum Gasteiger partial charge on any atom is -0.420 e. The van der Waals surface area contributed by atoms with Gasteiger partial charge in [-0.1, -0.05) is 35.5 Å². The van der Waals surface area contributed by atoms with Crippen LogP contribution in [-0.4, -0.2) is 37.9 Å². The molecule has 4 aromatic rings. The van der Waals surface area contributed by atoms with Crippen LogP contribution in [0.4, 0.5) is 0 Å². The molecule has 0 bridgehead atoms. The number of carbonyl (C=O) groups excluding carboxylic acids is 1. The molecule has 0 radical (unpaired) electrons. The summed E-state index contributed by atoms with van der Waals surface area (Å²) in [5, 5.41) is 13.3.